The summed E-state index contributed by atoms with van der Waals surface area (Å²) >= 11 is 0. The number of nitrogens with one attached hydrogen (secondary N) is 3. The SMILES string of the molecule is CC(NC(=O)CCc1nc2ccccc2[nH]1)c1nc2ccc(F)cc2[nH]1. The minimum absolute atomic E-state index is 0.0930. The molecule has 3 N–H and O–H groups in total. The van der Waals surface area contributed by atoms with Gasteiger partial charge in [0.25, 0.3) is 0 Å². The van der Waals surface area contributed by atoms with Crippen LogP contribution in [0.15, 0.2) is 42.5 Å². The zero-order chi connectivity index (χ0) is 18.1. The van der Waals surface area contributed by atoms with Gasteiger partial charge in [0, 0.05) is 12.8 Å². The third-order valence-corrected chi connectivity index (χ3v) is 4.28. The number of amides is 1. The molecule has 0 aliphatic heterocycles. The highest BCUT2D eigenvalue weighted by Crippen LogP contribution is 2.17. The van der Waals surface area contributed by atoms with Crippen molar-refractivity contribution in [1.29, 1.82) is 0 Å². The smallest absolute Gasteiger partial charge is 0.221 e. The van der Waals surface area contributed by atoms with Gasteiger partial charge in [-0.15, -0.1) is 0 Å². The van der Waals surface area contributed by atoms with E-state index in [4.69, 9.17) is 0 Å². The van der Waals surface area contributed by atoms with Crippen LogP contribution in [0.3, 0.4) is 0 Å². The number of nitrogens with zero attached hydrogens (tertiary/aromatic N) is 2. The van der Waals surface area contributed by atoms with Crippen molar-refractivity contribution in [2.75, 3.05) is 0 Å². The zero-order valence-corrected chi connectivity index (χ0v) is 14.2. The Balaban J connectivity index is 1.38. The van der Waals surface area contributed by atoms with Crippen LogP contribution >= 0.6 is 0 Å². The number of fused-ring (bicyclic) bond motifs is 2. The number of H-pyrrole nitrogens is 2. The molecule has 1 amide bonds. The number of rotatable bonds is 5. The van der Waals surface area contributed by atoms with Gasteiger partial charge in [-0.2, -0.15) is 0 Å². The molecule has 0 aliphatic rings. The van der Waals surface area contributed by atoms with E-state index >= 15 is 0 Å². The van der Waals surface area contributed by atoms with Crippen LogP contribution in [0.25, 0.3) is 22.1 Å². The van der Waals surface area contributed by atoms with Gasteiger partial charge in [-0.25, -0.2) is 14.4 Å². The van der Waals surface area contributed by atoms with Crippen molar-refractivity contribution in [3.05, 3.63) is 59.9 Å². The molecule has 0 fully saturated rings. The number of aryl methyl sites for hydroxylation is 1. The van der Waals surface area contributed by atoms with E-state index < -0.39 is 0 Å². The van der Waals surface area contributed by atoms with Crippen molar-refractivity contribution < 1.29 is 9.18 Å². The maximum absolute atomic E-state index is 13.3. The van der Waals surface area contributed by atoms with Crippen molar-refractivity contribution in [3.8, 4) is 0 Å². The van der Waals surface area contributed by atoms with E-state index in [1.807, 2.05) is 31.2 Å². The van der Waals surface area contributed by atoms with Gasteiger partial charge in [0.05, 0.1) is 28.1 Å². The molecule has 4 aromatic rings. The quantitative estimate of drug-likeness (QED) is 0.515. The van der Waals surface area contributed by atoms with Gasteiger partial charge in [0.15, 0.2) is 0 Å². The van der Waals surface area contributed by atoms with Gasteiger partial charge >= 0.3 is 0 Å². The van der Waals surface area contributed by atoms with E-state index in [0.717, 1.165) is 16.9 Å². The second-order valence-electron chi connectivity index (χ2n) is 6.27. The third kappa shape index (κ3) is 3.28. The molecule has 0 aliphatic carbocycles. The molecule has 1 atom stereocenters. The van der Waals surface area contributed by atoms with E-state index in [0.29, 0.717) is 29.7 Å². The molecular weight excluding hydrogens is 333 g/mol. The van der Waals surface area contributed by atoms with Crippen LogP contribution in [0, 0.1) is 5.82 Å². The number of carbonyl (C=O) groups excluding carboxylic acids is 1. The molecule has 0 saturated carbocycles. The molecule has 2 aromatic heterocycles. The van der Waals surface area contributed by atoms with Crippen molar-refractivity contribution in [2.24, 2.45) is 0 Å². The summed E-state index contributed by atoms with van der Waals surface area (Å²) in [5.74, 6) is 0.968. The summed E-state index contributed by atoms with van der Waals surface area (Å²) in [5.41, 5.74) is 3.14. The van der Waals surface area contributed by atoms with Gasteiger partial charge in [-0.1, -0.05) is 12.1 Å². The highest BCUT2D eigenvalue weighted by molar-refractivity contribution is 5.78. The van der Waals surface area contributed by atoms with Gasteiger partial charge in [-0.05, 0) is 37.3 Å². The molecule has 1 unspecified atom stereocenters. The minimum atomic E-state index is -0.324. The lowest BCUT2D eigenvalue weighted by atomic mass is 10.2. The fraction of sp³-hybridized carbons (Fsp3) is 0.211. The molecule has 0 spiro atoms. The van der Waals surface area contributed by atoms with Crippen LogP contribution in [-0.4, -0.2) is 25.8 Å². The Bertz CT molecular complexity index is 1050. The Hall–Kier alpha value is -3.22. The first-order chi connectivity index (χ1) is 12.6. The maximum atomic E-state index is 13.3. The Labute approximate surface area is 148 Å². The number of carbonyl (C=O) groups is 1. The second kappa shape index (κ2) is 6.59. The van der Waals surface area contributed by atoms with Gasteiger partial charge in [-0.3, -0.25) is 4.79 Å². The highest BCUT2D eigenvalue weighted by atomic mass is 19.1. The second-order valence-corrected chi connectivity index (χ2v) is 6.27. The fourth-order valence-corrected chi connectivity index (χ4v) is 2.94. The standard InChI is InChI=1S/C19H18FN5O/c1-11(19-24-15-7-6-12(20)10-16(15)25-19)21-18(26)9-8-17-22-13-4-2-3-5-14(13)23-17/h2-7,10-11H,8-9H2,1H3,(H,21,26)(H,22,23)(H,24,25). The van der Waals surface area contributed by atoms with Crippen LogP contribution in [-0.2, 0) is 11.2 Å². The van der Waals surface area contributed by atoms with Crippen molar-refractivity contribution >= 4 is 28.0 Å². The number of halogens is 1. The zero-order valence-electron chi connectivity index (χ0n) is 14.2. The number of hydrogen-bond acceptors (Lipinski definition) is 3. The maximum Gasteiger partial charge on any atom is 0.221 e. The third-order valence-electron chi connectivity index (χ3n) is 4.28. The Morgan fingerprint density at radius 1 is 1.12 bits per heavy atom. The summed E-state index contributed by atoms with van der Waals surface area (Å²) < 4.78 is 13.3. The Morgan fingerprint density at radius 3 is 2.77 bits per heavy atom. The van der Waals surface area contributed by atoms with Crippen LogP contribution in [0.5, 0.6) is 0 Å². The lowest BCUT2D eigenvalue weighted by molar-refractivity contribution is -0.121. The first-order valence-electron chi connectivity index (χ1n) is 8.46. The normalized spacial score (nSPS) is 12.5. The summed E-state index contributed by atoms with van der Waals surface area (Å²) in [6.45, 7) is 1.84. The van der Waals surface area contributed by atoms with Gasteiger partial charge in [0.1, 0.15) is 17.5 Å². The van der Waals surface area contributed by atoms with Gasteiger partial charge < -0.3 is 15.3 Å². The molecule has 2 aromatic carbocycles. The summed E-state index contributed by atoms with van der Waals surface area (Å²) in [4.78, 5) is 27.4. The summed E-state index contributed by atoms with van der Waals surface area (Å²) in [6, 6.07) is 11.8. The van der Waals surface area contributed by atoms with E-state index in [2.05, 4.69) is 25.3 Å². The lowest BCUT2D eigenvalue weighted by Gasteiger charge is -2.10. The van der Waals surface area contributed by atoms with E-state index in [9.17, 15) is 9.18 Å². The predicted molar refractivity (Wildman–Crippen MR) is 97.0 cm³/mol. The molecule has 0 bridgehead atoms. The largest absolute Gasteiger partial charge is 0.346 e. The molecule has 6 nitrogen and oxygen atoms in total. The first kappa shape index (κ1) is 16.3. The molecule has 132 valence electrons. The van der Waals surface area contributed by atoms with Crippen molar-refractivity contribution in [2.45, 2.75) is 25.8 Å². The minimum Gasteiger partial charge on any atom is -0.346 e. The number of benzene rings is 2. The molecular formula is C19H18FN5O. The molecule has 2 heterocycles. The number of aromatic nitrogens is 4. The van der Waals surface area contributed by atoms with Gasteiger partial charge in [0.2, 0.25) is 5.91 Å². The molecule has 4 rings (SSSR count). The van der Waals surface area contributed by atoms with E-state index in [1.54, 1.807) is 6.07 Å². The number of para-hydroxylation sites is 2. The molecule has 0 radical (unpaired) electrons. The fourth-order valence-electron chi connectivity index (χ4n) is 2.94. The number of imidazole rings is 2. The first-order valence-corrected chi connectivity index (χ1v) is 8.46. The van der Waals surface area contributed by atoms with Crippen molar-refractivity contribution in [3.63, 3.8) is 0 Å². The lowest BCUT2D eigenvalue weighted by Crippen LogP contribution is -2.27. The monoisotopic (exact) mass is 351 g/mol. The van der Waals surface area contributed by atoms with Crippen molar-refractivity contribution in [1.82, 2.24) is 25.3 Å². The van der Waals surface area contributed by atoms with E-state index in [1.165, 1.54) is 12.1 Å². The summed E-state index contributed by atoms with van der Waals surface area (Å²) in [7, 11) is 0. The highest BCUT2D eigenvalue weighted by Gasteiger charge is 2.14. The Morgan fingerprint density at radius 2 is 1.92 bits per heavy atom. The van der Waals surface area contributed by atoms with E-state index in [-0.39, 0.29) is 17.8 Å². The molecule has 0 saturated heterocycles. The summed E-state index contributed by atoms with van der Waals surface area (Å²) in [5, 5.41) is 2.91. The van der Waals surface area contributed by atoms with Crippen LogP contribution in [0.4, 0.5) is 4.39 Å². The number of hydrogen-bond donors (Lipinski definition) is 3. The predicted octanol–water partition coefficient (Wildman–Crippen LogP) is 3.39. The van der Waals surface area contributed by atoms with Crippen LogP contribution < -0.4 is 5.32 Å². The molecule has 26 heavy (non-hydrogen) atoms. The Kier molecular flexibility index (Phi) is 4.12. The molecule has 7 heteroatoms. The average molecular weight is 351 g/mol. The average Bonchev–Trinajstić information content (AvgIpc) is 3.23. The van der Waals surface area contributed by atoms with Crippen LogP contribution in [0.1, 0.15) is 31.0 Å². The summed E-state index contributed by atoms with van der Waals surface area (Å²) in [6.07, 6.45) is 0.845. The van der Waals surface area contributed by atoms with Crippen LogP contribution in [0.2, 0.25) is 0 Å². The topological polar surface area (TPSA) is 86.5 Å². The number of aromatic amines is 2.